The number of benzene rings is 1. The zero-order valence-electron chi connectivity index (χ0n) is 19.5. The molecule has 1 fully saturated rings. The summed E-state index contributed by atoms with van der Waals surface area (Å²) in [6.45, 7) is 6.80. The van der Waals surface area contributed by atoms with Crippen LogP contribution in [0.25, 0.3) is 33.9 Å². The molecule has 9 nitrogen and oxygen atoms in total. The predicted octanol–water partition coefficient (Wildman–Crippen LogP) is 4.11. The van der Waals surface area contributed by atoms with Crippen molar-refractivity contribution in [3.05, 3.63) is 71.3 Å². The van der Waals surface area contributed by atoms with E-state index in [1.165, 1.54) is 12.8 Å². The Morgan fingerprint density at radius 1 is 1.12 bits per heavy atom. The average molecular weight is 455 g/mol. The molecule has 1 aliphatic carbocycles. The molecule has 34 heavy (non-hydrogen) atoms. The second-order valence-corrected chi connectivity index (χ2v) is 9.05. The number of aryl methyl sites for hydroxylation is 1. The fraction of sp³-hybridized carbons (Fsp3) is 0.320. The van der Waals surface area contributed by atoms with Gasteiger partial charge in [0.15, 0.2) is 11.6 Å². The lowest BCUT2D eigenvalue weighted by molar-refractivity contribution is 0.582. The van der Waals surface area contributed by atoms with Gasteiger partial charge in [0, 0.05) is 30.4 Å². The third-order valence-corrected chi connectivity index (χ3v) is 6.43. The smallest absolute Gasteiger partial charge is 0.280 e. The van der Waals surface area contributed by atoms with Crippen LogP contribution >= 0.6 is 0 Å². The first-order valence-electron chi connectivity index (χ1n) is 11.7. The highest BCUT2D eigenvalue weighted by Gasteiger charge is 2.26. The molecule has 0 N–H and O–H groups in total. The summed E-state index contributed by atoms with van der Waals surface area (Å²) in [6.07, 6.45) is 8.03. The standard InChI is InChI=1S/C25H26N8O/c1-4-32-22-11-10-18(30-13-21(26-14-30)17-8-9-17)12-19(22)25(34)33(32)23-7-5-6-20(28-23)24-29-27-15-31(24)16(2)3/h5-7,10-17H,4,8-9H2,1-3H3. The van der Waals surface area contributed by atoms with Crippen molar-refractivity contribution in [2.24, 2.45) is 0 Å². The minimum Gasteiger partial charge on any atom is -0.310 e. The zero-order valence-corrected chi connectivity index (χ0v) is 19.5. The number of nitrogens with zero attached hydrogens (tertiary/aromatic N) is 8. The molecule has 1 saturated carbocycles. The molecule has 172 valence electrons. The monoisotopic (exact) mass is 454 g/mol. The number of pyridine rings is 1. The molecular weight excluding hydrogens is 428 g/mol. The Morgan fingerprint density at radius 3 is 2.74 bits per heavy atom. The Balaban J connectivity index is 1.47. The van der Waals surface area contributed by atoms with Gasteiger partial charge in [-0.15, -0.1) is 10.2 Å². The third-order valence-electron chi connectivity index (χ3n) is 6.43. The van der Waals surface area contributed by atoms with E-state index in [4.69, 9.17) is 4.98 Å². The molecule has 4 heterocycles. The lowest BCUT2D eigenvalue weighted by Crippen LogP contribution is -2.22. The molecule has 0 spiro atoms. The molecule has 6 rings (SSSR count). The average Bonchev–Trinajstić information content (AvgIpc) is 3.28. The van der Waals surface area contributed by atoms with Crippen LogP contribution in [0.15, 0.2) is 60.0 Å². The van der Waals surface area contributed by atoms with Crippen LogP contribution in [0, 0.1) is 0 Å². The minimum absolute atomic E-state index is 0.101. The van der Waals surface area contributed by atoms with Gasteiger partial charge in [-0.2, -0.15) is 4.68 Å². The van der Waals surface area contributed by atoms with E-state index < -0.39 is 0 Å². The number of hydrogen-bond donors (Lipinski definition) is 0. The van der Waals surface area contributed by atoms with Crippen LogP contribution in [0.4, 0.5) is 0 Å². The molecule has 0 radical (unpaired) electrons. The zero-order chi connectivity index (χ0) is 23.4. The molecule has 0 atom stereocenters. The Kier molecular flexibility index (Phi) is 4.72. The summed E-state index contributed by atoms with van der Waals surface area (Å²) in [7, 11) is 0. The third kappa shape index (κ3) is 3.27. The van der Waals surface area contributed by atoms with Gasteiger partial charge in [0.05, 0.1) is 22.9 Å². The van der Waals surface area contributed by atoms with E-state index in [-0.39, 0.29) is 11.6 Å². The van der Waals surface area contributed by atoms with E-state index >= 15 is 0 Å². The van der Waals surface area contributed by atoms with Gasteiger partial charge in [0.1, 0.15) is 12.0 Å². The number of fused-ring (bicyclic) bond motifs is 1. The second-order valence-electron chi connectivity index (χ2n) is 9.05. The molecule has 1 aromatic carbocycles. The van der Waals surface area contributed by atoms with Crippen molar-refractivity contribution < 1.29 is 0 Å². The molecule has 0 aliphatic heterocycles. The summed E-state index contributed by atoms with van der Waals surface area (Å²) in [5, 5.41) is 8.97. The van der Waals surface area contributed by atoms with Crippen LogP contribution in [0.5, 0.6) is 0 Å². The highest BCUT2D eigenvalue weighted by atomic mass is 16.1. The van der Waals surface area contributed by atoms with Gasteiger partial charge in [0.2, 0.25) is 0 Å². The van der Waals surface area contributed by atoms with Crippen LogP contribution in [0.2, 0.25) is 0 Å². The summed E-state index contributed by atoms with van der Waals surface area (Å²) in [5.41, 5.74) is 3.50. The fourth-order valence-corrected chi connectivity index (χ4v) is 4.49. The molecule has 0 amide bonds. The maximum Gasteiger partial charge on any atom is 0.280 e. The number of imidazole rings is 1. The van der Waals surface area contributed by atoms with Crippen molar-refractivity contribution >= 4 is 10.9 Å². The number of aromatic nitrogens is 8. The van der Waals surface area contributed by atoms with Gasteiger partial charge in [-0.05, 0) is 63.9 Å². The van der Waals surface area contributed by atoms with Gasteiger partial charge in [-0.1, -0.05) is 6.07 Å². The molecular formula is C25H26N8O. The highest BCUT2D eigenvalue weighted by molar-refractivity contribution is 5.81. The first kappa shape index (κ1) is 20.6. The maximum absolute atomic E-state index is 13.6. The van der Waals surface area contributed by atoms with Crippen LogP contribution in [0.1, 0.15) is 51.3 Å². The highest BCUT2D eigenvalue weighted by Crippen LogP contribution is 2.39. The van der Waals surface area contributed by atoms with E-state index in [1.807, 2.05) is 63.5 Å². The predicted molar refractivity (Wildman–Crippen MR) is 130 cm³/mol. The second kappa shape index (κ2) is 7.79. The van der Waals surface area contributed by atoms with Crippen LogP contribution in [-0.2, 0) is 6.54 Å². The molecule has 0 unspecified atom stereocenters. The first-order valence-corrected chi connectivity index (χ1v) is 11.7. The van der Waals surface area contributed by atoms with Crippen LogP contribution in [-0.4, -0.2) is 38.7 Å². The van der Waals surface area contributed by atoms with Crippen LogP contribution in [0.3, 0.4) is 0 Å². The fourth-order valence-electron chi connectivity index (χ4n) is 4.49. The largest absolute Gasteiger partial charge is 0.310 e. The van der Waals surface area contributed by atoms with E-state index in [1.54, 1.807) is 11.0 Å². The van der Waals surface area contributed by atoms with E-state index in [9.17, 15) is 4.79 Å². The molecule has 1 aliphatic rings. The van der Waals surface area contributed by atoms with Gasteiger partial charge in [0.25, 0.3) is 5.56 Å². The molecule has 4 aromatic heterocycles. The van der Waals surface area contributed by atoms with Crippen molar-refractivity contribution in [1.82, 2.24) is 38.7 Å². The van der Waals surface area contributed by atoms with Crippen molar-refractivity contribution in [2.45, 2.75) is 52.1 Å². The number of hydrogen-bond acceptors (Lipinski definition) is 5. The van der Waals surface area contributed by atoms with E-state index in [0.29, 0.717) is 35.2 Å². The first-order chi connectivity index (χ1) is 16.5. The Labute approximate surface area is 196 Å². The number of rotatable bonds is 6. The summed E-state index contributed by atoms with van der Waals surface area (Å²) in [6, 6.07) is 11.8. The SMILES string of the molecule is CCn1c2ccc(-n3cnc(C4CC4)c3)cc2c(=O)n1-c1cccc(-c2nncn2C(C)C)n1. The van der Waals surface area contributed by atoms with E-state index in [0.717, 1.165) is 16.9 Å². The quantitative estimate of drug-likeness (QED) is 0.385. The van der Waals surface area contributed by atoms with Crippen molar-refractivity contribution in [3.8, 4) is 23.0 Å². The van der Waals surface area contributed by atoms with Crippen molar-refractivity contribution in [3.63, 3.8) is 0 Å². The normalized spacial score (nSPS) is 13.9. The van der Waals surface area contributed by atoms with Crippen LogP contribution < -0.4 is 5.56 Å². The topological polar surface area (TPSA) is 88.4 Å². The summed E-state index contributed by atoms with van der Waals surface area (Å²) in [5.74, 6) is 1.82. The van der Waals surface area contributed by atoms with Gasteiger partial charge < -0.3 is 9.13 Å². The maximum atomic E-state index is 13.6. The molecule has 5 aromatic rings. The van der Waals surface area contributed by atoms with E-state index in [2.05, 4.69) is 35.2 Å². The molecule has 9 heteroatoms. The lowest BCUT2D eigenvalue weighted by Gasteiger charge is -2.12. The Morgan fingerprint density at radius 2 is 1.97 bits per heavy atom. The van der Waals surface area contributed by atoms with Gasteiger partial charge in [-0.3, -0.25) is 9.48 Å². The minimum atomic E-state index is -0.101. The summed E-state index contributed by atoms with van der Waals surface area (Å²) in [4.78, 5) is 23.0. The Bertz CT molecular complexity index is 1560. The van der Waals surface area contributed by atoms with Gasteiger partial charge in [-0.25, -0.2) is 9.97 Å². The summed E-state index contributed by atoms with van der Waals surface area (Å²) >= 11 is 0. The summed E-state index contributed by atoms with van der Waals surface area (Å²) < 4.78 is 7.58. The lowest BCUT2D eigenvalue weighted by atomic mass is 10.2. The van der Waals surface area contributed by atoms with Crippen molar-refractivity contribution in [2.75, 3.05) is 0 Å². The van der Waals surface area contributed by atoms with Crippen molar-refractivity contribution in [1.29, 1.82) is 0 Å². The molecule has 0 saturated heterocycles. The Hall–Kier alpha value is -4.01. The molecule has 0 bridgehead atoms. The van der Waals surface area contributed by atoms with Gasteiger partial charge >= 0.3 is 0 Å².